The van der Waals surface area contributed by atoms with Crippen LogP contribution in [0.3, 0.4) is 0 Å². The first kappa shape index (κ1) is 19.6. The van der Waals surface area contributed by atoms with E-state index in [0.29, 0.717) is 24.4 Å². The van der Waals surface area contributed by atoms with E-state index in [2.05, 4.69) is 31.7 Å². The van der Waals surface area contributed by atoms with Gasteiger partial charge >= 0.3 is 0 Å². The van der Waals surface area contributed by atoms with Crippen LogP contribution in [0.2, 0.25) is 0 Å². The zero-order valence-corrected chi connectivity index (χ0v) is 17.2. The first-order chi connectivity index (χ1) is 13.3. The summed E-state index contributed by atoms with van der Waals surface area (Å²) in [6.45, 7) is 0. The van der Waals surface area contributed by atoms with Gasteiger partial charge in [0.2, 0.25) is 0 Å². The lowest BCUT2D eigenvalue weighted by Crippen LogP contribution is -2.55. The summed E-state index contributed by atoms with van der Waals surface area (Å²) in [5.41, 5.74) is 7.86. The number of alkyl halides is 2. The maximum absolute atomic E-state index is 13.9. The van der Waals surface area contributed by atoms with Crippen molar-refractivity contribution in [2.45, 2.75) is 43.5 Å². The van der Waals surface area contributed by atoms with E-state index in [-0.39, 0.29) is 6.42 Å². The van der Waals surface area contributed by atoms with Crippen LogP contribution in [0.5, 0.6) is 0 Å². The number of nitrogens with one attached hydrogen (secondary N) is 2. The van der Waals surface area contributed by atoms with Crippen molar-refractivity contribution in [1.29, 1.82) is 0 Å². The van der Waals surface area contributed by atoms with Gasteiger partial charge in [-0.05, 0) is 53.0 Å². The van der Waals surface area contributed by atoms with Gasteiger partial charge in [-0.15, -0.1) is 11.3 Å². The molecule has 4 rings (SSSR count). The molecule has 0 aromatic carbocycles. The van der Waals surface area contributed by atoms with Crippen LogP contribution in [0.15, 0.2) is 39.5 Å². The Labute approximate surface area is 172 Å². The summed E-state index contributed by atoms with van der Waals surface area (Å²) >= 11 is 4.93. The lowest BCUT2D eigenvalue weighted by molar-refractivity contribution is -0.0554. The van der Waals surface area contributed by atoms with Crippen molar-refractivity contribution in [1.82, 2.24) is 9.61 Å². The average Bonchev–Trinajstić information content (AvgIpc) is 3.25. The summed E-state index contributed by atoms with van der Waals surface area (Å²) in [5, 5.41) is 24.9. The summed E-state index contributed by atoms with van der Waals surface area (Å²) in [6, 6.07) is 5.33. The highest BCUT2D eigenvalue weighted by Crippen LogP contribution is 2.34. The van der Waals surface area contributed by atoms with Crippen LogP contribution in [0, 0.1) is 0 Å². The Morgan fingerprint density at radius 3 is 2.86 bits per heavy atom. The summed E-state index contributed by atoms with van der Waals surface area (Å²) in [5.74, 6) is -2.45. The maximum atomic E-state index is 13.9. The smallest absolute Gasteiger partial charge is 0.264 e. The molecule has 28 heavy (non-hydrogen) atoms. The third-order valence-corrected chi connectivity index (χ3v) is 6.70. The van der Waals surface area contributed by atoms with Gasteiger partial charge in [-0.2, -0.15) is 5.10 Å². The summed E-state index contributed by atoms with van der Waals surface area (Å²) < 4.78 is 30.3. The monoisotopic (exact) mass is 471 g/mol. The van der Waals surface area contributed by atoms with Gasteiger partial charge in [0.1, 0.15) is 5.82 Å². The van der Waals surface area contributed by atoms with E-state index in [1.165, 1.54) is 11.3 Å². The molecule has 0 amide bonds. The molecule has 0 spiro atoms. The van der Waals surface area contributed by atoms with E-state index in [1.54, 1.807) is 16.6 Å². The zero-order chi connectivity index (χ0) is 19.9. The number of aromatic nitrogens is 2. The van der Waals surface area contributed by atoms with Gasteiger partial charge in [-0.3, -0.25) is 0 Å². The molecule has 1 unspecified atom stereocenters. The molecule has 1 fully saturated rings. The number of hydrogen-bond acceptors (Lipinski definition) is 6. The van der Waals surface area contributed by atoms with Crippen molar-refractivity contribution in [3.63, 3.8) is 0 Å². The predicted octanol–water partition coefficient (Wildman–Crippen LogP) is 4.19. The van der Waals surface area contributed by atoms with Crippen molar-refractivity contribution in [3.05, 3.63) is 45.2 Å². The first-order valence-electron chi connectivity index (χ1n) is 8.90. The predicted molar refractivity (Wildman–Crippen MR) is 110 cm³/mol. The number of thiophene rings is 1. The molecule has 1 aliphatic carbocycles. The van der Waals surface area contributed by atoms with Gasteiger partial charge in [0.15, 0.2) is 6.23 Å². The second-order valence-electron chi connectivity index (χ2n) is 6.92. The van der Waals surface area contributed by atoms with E-state index < -0.39 is 24.2 Å². The van der Waals surface area contributed by atoms with Crippen LogP contribution in [0.4, 0.5) is 20.3 Å². The second kappa shape index (κ2) is 7.58. The van der Waals surface area contributed by atoms with Gasteiger partial charge in [0.05, 0.1) is 27.4 Å². The second-order valence-corrected chi connectivity index (χ2v) is 8.52. The number of hydrogen-bond donors (Lipinski definition) is 4. The molecule has 3 aromatic rings. The zero-order valence-electron chi connectivity index (χ0n) is 14.8. The lowest BCUT2D eigenvalue weighted by atomic mass is 9.87. The van der Waals surface area contributed by atoms with Gasteiger partial charge in [0.25, 0.3) is 5.92 Å². The molecule has 3 aromatic heterocycles. The Morgan fingerprint density at radius 1 is 1.32 bits per heavy atom. The number of aliphatic hydroxyl groups is 1. The molecular formula is C18H20BrF2N5OS. The molecule has 1 aliphatic rings. The van der Waals surface area contributed by atoms with Crippen LogP contribution in [-0.2, 0) is 0 Å². The van der Waals surface area contributed by atoms with Crippen molar-refractivity contribution in [2.75, 3.05) is 10.6 Å². The van der Waals surface area contributed by atoms with Crippen molar-refractivity contribution < 1.29 is 13.9 Å². The van der Waals surface area contributed by atoms with Gasteiger partial charge in [0, 0.05) is 23.2 Å². The first-order valence-corrected chi connectivity index (χ1v) is 10.6. The number of rotatable bonds is 5. The van der Waals surface area contributed by atoms with Gasteiger partial charge < -0.3 is 21.5 Å². The molecule has 10 heteroatoms. The molecule has 0 saturated heterocycles. The summed E-state index contributed by atoms with van der Waals surface area (Å²) in [4.78, 5) is 0. The molecule has 0 bridgehead atoms. The third kappa shape index (κ3) is 3.73. The molecule has 3 atom stereocenters. The van der Waals surface area contributed by atoms with E-state index in [0.717, 1.165) is 15.7 Å². The average molecular weight is 472 g/mol. The molecule has 6 nitrogen and oxygen atoms in total. The van der Waals surface area contributed by atoms with Crippen LogP contribution in [0.25, 0.3) is 5.52 Å². The van der Waals surface area contributed by atoms with E-state index in [9.17, 15) is 13.9 Å². The minimum Gasteiger partial charge on any atom is -0.368 e. The number of anilines is 2. The Balaban J connectivity index is 1.57. The molecule has 1 saturated carbocycles. The topological polar surface area (TPSA) is 87.6 Å². The quantitative estimate of drug-likeness (QED) is 0.419. The molecule has 0 aliphatic heterocycles. The van der Waals surface area contributed by atoms with Crippen LogP contribution < -0.4 is 16.4 Å². The van der Waals surface area contributed by atoms with Gasteiger partial charge in [-0.1, -0.05) is 0 Å². The van der Waals surface area contributed by atoms with Crippen molar-refractivity contribution >= 4 is 44.3 Å². The minimum absolute atomic E-state index is 0.184. The summed E-state index contributed by atoms with van der Waals surface area (Å²) in [7, 11) is 0. The minimum atomic E-state index is -2.88. The molecule has 150 valence electrons. The molecular weight excluding hydrogens is 452 g/mol. The Morgan fingerprint density at radius 2 is 2.11 bits per heavy atom. The molecule has 3 heterocycles. The normalized spacial score (nSPS) is 22.9. The van der Waals surface area contributed by atoms with Crippen LogP contribution in [-0.4, -0.2) is 32.7 Å². The standard InChI is InChI=1S/C18H20BrF2N5OS/c19-11-8-28-9-13(11)24-17(27)14-5-3-10-4-6-15(25-26(10)14)23-12-2-1-7-18(20,21)16(12)22/h3-6,8-9,12,16-17,24,27H,1-2,7,22H2,(H,23,25)/t12-,16-,17?/m1/s1. The fourth-order valence-electron chi connectivity index (χ4n) is 3.45. The summed E-state index contributed by atoms with van der Waals surface area (Å²) in [6.07, 6.45) is -0.201. The highest BCUT2D eigenvalue weighted by Gasteiger charge is 2.44. The van der Waals surface area contributed by atoms with E-state index in [4.69, 9.17) is 5.73 Å². The number of nitrogens with zero attached hydrogens (tertiary/aromatic N) is 2. The fraction of sp³-hybridized carbons (Fsp3) is 0.389. The van der Waals surface area contributed by atoms with Crippen LogP contribution >= 0.6 is 27.3 Å². The Kier molecular flexibility index (Phi) is 5.30. The number of aliphatic hydroxyl groups excluding tert-OH is 1. The van der Waals surface area contributed by atoms with Gasteiger partial charge in [-0.25, -0.2) is 13.3 Å². The molecule has 0 radical (unpaired) electrons. The van der Waals surface area contributed by atoms with E-state index >= 15 is 0 Å². The van der Waals surface area contributed by atoms with E-state index in [1.807, 2.05) is 22.9 Å². The lowest BCUT2D eigenvalue weighted by Gasteiger charge is -2.36. The highest BCUT2D eigenvalue weighted by atomic mass is 79.9. The van der Waals surface area contributed by atoms with Crippen molar-refractivity contribution in [2.24, 2.45) is 5.73 Å². The highest BCUT2D eigenvalue weighted by molar-refractivity contribution is 9.10. The molecule has 5 N–H and O–H groups in total. The Hall–Kier alpha value is -1.75. The number of nitrogens with two attached hydrogens (primary N) is 1. The maximum Gasteiger partial charge on any atom is 0.264 e. The number of halogens is 3. The largest absolute Gasteiger partial charge is 0.368 e. The Bertz CT molecular complexity index is 978. The fourth-order valence-corrected chi connectivity index (χ4v) is 4.80. The van der Waals surface area contributed by atoms with Crippen LogP contribution in [0.1, 0.15) is 31.2 Å². The van der Waals surface area contributed by atoms with Crippen molar-refractivity contribution in [3.8, 4) is 0 Å². The number of fused-ring (bicyclic) bond motifs is 1. The SMILES string of the molecule is N[C@@H]1[C@H](Nc2ccc3ccc(C(O)Nc4cscc4Br)n3n2)CCCC1(F)F. The third-order valence-electron chi connectivity index (χ3n) is 5.00.